The summed E-state index contributed by atoms with van der Waals surface area (Å²) in [6, 6.07) is 5.41. The van der Waals surface area contributed by atoms with Crippen LogP contribution in [-0.4, -0.2) is 18.1 Å². The number of carbonyl (C=O) groups is 1. The minimum atomic E-state index is -0.292. The Hall–Kier alpha value is -1.09. The van der Waals surface area contributed by atoms with Gasteiger partial charge in [-0.15, -0.1) is 11.6 Å². The first kappa shape index (κ1) is 9.99. The van der Waals surface area contributed by atoms with Crippen LogP contribution in [0.3, 0.4) is 0 Å². The smallest absolute Gasteiger partial charge is 0.311 e. The van der Waals surface area contributed by atoms with Crippen LogP contribution in [0.1, 0.15) is 11.4 Å². The highest BCUT2D eigenvalue weighted by Crippen LogP contribution is 2.03. The van der Waals surface area contributed by atoms with Gasteiger partial charge in [-0.25, -0.2) is 0 Å². The molecule has 0 saturated heterocycles. The molecule has 0 bridgehead atoms. The van der Waals surface area contributed by atoms with Gasteiger partial charge in [0.05, 0.1) is 30.8 Å². The van der Waals surface area contributed by atoms with Crippen molar-refractivity contribution in [3.63, 3.8) is 0 Å². The highest BCUT2D eigenvalue weighted by atomic mass is 35.5. The molecule has 0 unspecified atom stereocenters. The molecule has 1 rings (SSSR count). The molecule has 3 nitrogen and oxygen atoms in total. The van der Waals surface area contributed by atoms with Crippen LogP contribution in [0.15, 0.2) is 18.2 Å². The Balaban J connectivity index is 2.71. The predicted molar refractivity (Wildman–Crippen MR) is 49.5 cm³/mol. The van der Waals surface area contributed by atoms with Crippen molar-refractivity contribution in [2.75, 3.05) is 7.11 Å². The van der Waals surface area contributed by atoms with E-state index in [4.69, 9.17) is 11.6 Å². The molecule has 0 radical (unpaired) electrons. The highest BCUT2D eigenvalue weighted by molar-refractivity contribution is 6.16. The highest BCUT2D eigenvalue weighted by Gasteiger charge is 2.03. The number of rotatable bonds is 3. The van der Waals surface area contributed by atoms with E-state index in [1.807, 2.05) is 12.1 Å². The molecular weight excluding hydrogens is 190 g/mol. The summed E-state index contributed by atoms with van der Waals surface area (Å²) in [6.07, 6.45) is 0.196. The van der Waals surface area contributed by atoms with E-state index in [0.717, 1.165) is 5.69 Å². The van der Waals surface area contributed by atoms with E-state index in [0.29, 0.717) is 11.6 Å². The number of carbonyl (C=O) groups excluding carboxylic acids is 1. The Kier molecular flexibility index (Phi) is 3.71. The normalized spacial score (nSPS) is 9.69. The lowest BCUT2D eigenvalue weighted by atomic mass is 10.2. The molecule has 0 aliphatic heterocycles. The van der Waals surface area contributed by atoms with Gasteiger partial charge in [-0.2, -0.15) is 0 Å². The minimum absolute atomic E-state index is 0.196. The molecule has 1 aromatic rings. The van der Waals surface area contributed by atoms with E-state index in [1.165, 1.54) is 7.11 Å². The van der Waals surface area contributed by atoms with Gasteiger partial charge in [0.2, 0.25) is 0 Å². The van der Waals surface area contributed by atoms with Crippen LogP contribution in [0.5, 0.6) is 0 Å². The second kappa shape index (κ2) is 4.82. The molecule has 0 aliphatic carbocycles. The molecule has 0 fully saturated rings. The van der Waals surface area contributed by atoms with Crippen molar-refractivity contribution in [3.05, 3.63) is 29.6 Å². The molecule has 1 aromatic heterocycles. The molecule has 0 saturated carbocycles. The number of ether oxygens (including phenoxy) is 1. The molecule has 0 spiro atoms. The summed E-state index contributed by atoms with van der Waals surface area (Å²) >= 11 is 5.59. The van der Waals surface area contributed by atoms with Crippen LogP contribution in [0, 0.1) is 0 Å². The van der Waals surface area contributed by atoms with Crippen molar-refractivity contribution < 1.29 is 9.53 Å². The maximum Gasteiger partial charge on any atom is 0.311 e. The summed E-state index contributed by atoms with van der Waals surface area (Å²) in [5.74, 6) is 0.0638. The van der Waals surface area contributed by atoms with E-state index < -0.39 is 0 Å². The van der Waals surface area contributed by atoms with Crippen molar-refractivity contribution in [2.24, 2.45) is 0 Å². The summed E-state index contributed by atoms with van der Waals surface area (Å²) in [4.78, 5) is 15.0. The molecule has 4 heteroatoms. The summed E-state index contributed by atoms with van der Waals surface area (Å²) in [6.45, 7) is 0. The van der Waals surface area contributed by atoms with Crippen LogP contribution in [0.2, 0.25) is 0 Å². The maximum atomic E-state index is 10.9. The van der Waals surface area contributed by atoms with Crippen molar-refractivity contribution in [1.29, 1.82) is 0 Å². The van der Waals surface area contributed by atoms with Gasteiger partial charge in [0.1, 0.15) is 0 Å². The van der Waals surface area contributed by atoms with Crippen molar-refractivity contribution in [1.82, 2.24) is 4.98 Å². The molecule has 0 aliphatic rings. The van der Waals surface area contributed by atoms with Gasteiger partial charge >= 0.3 is 5.97 Å². The van der Waals surface area contributed by atoms with Gasteiger partial charge in [-0.1, -0.05) is 6.07 Å². The third kappa shape index (κ3) is 3.03. The lowest BCUT2D eigenvalue weighted by Gasteiger charge is -2.00. The molecule has 0 atom stereocenters. The van der Waals surface area contributed by atoms with E-state index in [9.17, 15) is 4.79 Å². The summed E-state index contributed by atoms with van der Waals surface area (Å²) in [5.41, 5.74) is 1.45. The summed E-state index contributed by atoms with van der Waals surface area (Å²) < 4.78 is 4.52. The fourth-order valence-corrected chi connectivity index (χ4v) is 1.07. The molecule has 0 N–H and O–H groups in total. The average Bonchev–Trinajstić information content (AvgIpc) is 2.18. The average molecular weight is 200 g/mol. The number of nitrogens with zero attached hydrogens (tertiary/aromatic N) is 1. The number of methoxy groups -OCH3 is 1. The number of alkyl halides is 1. The molecule has 0 aromatic carbocycles. The molecule has 13 heavy (non-hydrogen) atoms. The Morgan fingerprint density at radius 2 is 2.23 bits per heavy atom. The number of esters is 1. The molecule has 1 heterocycles. The van der Waals surface area contributed by atoms with Crippen molar-refractivity contribution in [2.45, 2.75) is 12.3 Å². The number of halogens is 1. The van der Waals surface area contributed by atoms with E-state index in [-0.39, 0.29) is 12.4 Å². The third-order valence-corrected chi connectivity index (χ3v) is 1.83. The van der Waals surface area contributed by atoms with Crippen LogP contribution in [0.25, 0.3) is 0 Å². The Bertz CT molecular complexity index is 301. The number of pyridine rings is 1. The second-order valence-electron chi connectivity index (χ2n) is 2.51. The van der Waals surface area contributed by atoms with E-state index >= 15 is 0 Å². The topological polar surface area (TPSA) is 39.2 Å². The van der Waals surface area contributed by atoms with E-state index in [2.05, 4.69) is 9.72 Å². The molecule has 0 amide bonds. The standard InChI is InChI=1S/C9H10ClNO2/c1-13-9(12)5-7-3-2-4-8(6-10)11-7/h2-4H,5-6H2,1H3. The van der Waals surface area contributed by atoms with Crippen LogP contribution < -0.4 is 0 Å². The largest absolute Gasteiger partial charge is 0.469 e. The zero-order valence-corrected chi connectivity index (χ0v) is 8.04. The minimum Gasteiger partial charge on any atom is -0.469 e. The predicted octanol–water partition coefficient (Wildman–Crippen LogP) is 1.54. The lowest BCUT2D eigenvalue weighted by molar-refractivity contribution is -0.139. The third-order valence-electron chi connectivity index (χ3n) is 1.55. The Morgan fingerprint density at radius 3 is 2.85 bits per heavy atom. The first-order valence-corrected chi connectivity index (χ1v) is 4.37. The first-order chi connectivity index (χ1) is 6.26. The number of aromatic nitrogens is 1. The van der Waals surface area contributed by atoms with Gasteiger partial charge in [-0.3, -0.25) is 9.78 Å². The fraction of sp³-hybridized carbons (Fsp3) is 0.333. The SMILES string of the molecule is COC(=O)Cc1cccc(CCl)n1. The van der Waals surface area contributed by atoms with Crippen LogP contribution in [0.4, 0.5) is 0 Å². The van der Waals surface area contributed by atoms with Gasteiger partial charge in [0.15, 0.2) is 0 Å². The zero-order chi connectivity index (χ0) is 9.68. The van der Waals surface area contributed by atoms with Crippen LogP contribution in [-0.2, 0) is 21.8 Å². The second-order valence-corrected chi connectivity index (χ2v) is 2.77. The molecular formula is C9H10ClNO2. The van der Waals surface area contributed by atoms with Gasteiger partial charge < -0.3 is 4.74 Å². The Morgan fingerprint density at radius 1 is 1.54 bits per heavy atom. The first-order valence-electron chi connectivity index (χ1n) is 3.84. The van der Waals surface area contributed by atoms with Gasteiger partial charge in [0.25, 0.3) is 0 Å². The zero-order valence-electron chi connectivity index (χ0n) is 7.29. The van der Waals surface area contributed by atoms with Gasteiger partial charge in [-0.05, 0) is 12.1 Å². The Labute approximate surface area is 81.7 Å². The van der Waals surface area contributed by atoms with Crippen molar-refractivity contribution >= 4 is 17.6 Å². The number of hydrogen-bond acceptors (Lipinski definition) is 3. The fourth-order valence-electron chi connectivity index (χ4n) is 0.922. The summed E-state index contributed by atoms with van der Waals surface area (Å²) in [7, 11) is 1.35. The number of hydrogen-bond donors (Lipinski definition) is 0. The quantitative estimate of drug-likeness (QED) is 0.548. The lowest BCUT2D eigenvalue weighted by Crippen LogP contribution is -2.06. The maximum absolute atomic E-state index is 10.9. The monoisotopic (exact) mass is 199 g/mol. The van der Waals surface area contributed by atoms with E-state index in [1.54, 1.807) is 6.07 Å². The van der Waals surface area contributed by atoms with Gasteiger partial charge in [0, 0.05) is 0 Å². The van der Waals surface area contributed by atoms with Crippen LogP contribution >= 0.6 is 11.6 Å². The van der Waals surface area contributed by atoms with Crippen molar-refractivity contribution in [3.8, 4) is 0 Å². The molecule has 70 valence electrons. The summed E-state index contributed by atoms with van der Waals surface area (Å²) in [5, 5.41) is 0.